The Labute approximate surface area is 146 Å². The number of aromatic nitrogens is 4. The topological polar surface area (TPSA) is 58.0 Å². The third-order valence-corrected chi connectivity index (χ3v) is 5.76. The zero-order chi connectivity index (χ0) is 17.0. The van der Waals surface area contributed by atoms with Gasteiger partial charge in [0.25, 0.3) is 0 Å². The van der Waals surface area contributed by atoms with E-state index in [0.717, 1.165) is 50.7 Å². The normalized spacial score (nSPS) is 24.7. The molecule has 3 aliphatic rings. The Morgan fingerprint density at radius 2 is 1.72 bits per heavy atom. The Morgan fingerprint density at radius 3 is 2.44 bits per heavy atom. The van der Waals surface area contributed by atoms with Crippen LogP contribution in [0.5, 0.6) is 0 Å². The third-order valence-electron chi connectivity index (χ3n) is 5.76. The van der Waals surface area contributed by atoms with E-state index in [4.69, 9.17) is 4.98 Å². The molecule has 2 atom stereocenters. The van der Waals surface area contributed by atoms with Crippen LogP contribution in [0, 0.1) is 24.6 Å². The summed E-state index contributed by atoms with van der Waals surface area (Å²) in [6.45, 7) is 5.65. The van der Waals surface area contributed by atoms with Crippen LogP contribution in [0.4, 0.5) is 16.0 Å². The summed E-state index contributed by atoms with van der Waals surface area (Å²) in [7, 11) is 0. The Kier molecular flexibility index (Phi) is 3.36. The van der Waals surface area contributed by atoms with Gasteiger partial charge in [-0.2, -0.15) is 0 Å². The summed E-state index contributed by atoms with van der Waals surface area (Å²) in [5.74, 6) is 3.19. The second-order valence-corrected chi connectivity index (χ2v) is 7.40. The van der Waals surface area contributed by atoms with Crippen molar-refractivity contribution >= 4 is 11.6 Å². The van der Waals surface area contributed by atoms with Crippen molar-refractivity contribution in [3.63, 3.8) is 0 Å². The Hall–Kier alpha value is -2.31. The smallest absolute Gasteiger partial charge is 0.183 e. The van der Waals surface area contributed by atoms with Crippen LogP contribution < -0.4 is 9.80 Å². The highest BCUT2D eigenvalue weighted by Crippen LogP contribution is 2.38. The van der Waals surface area contributed by atoms with Crippen molar-refractivity contribution in [3.8, 4) is 0 Å². The molecule has 25 heavy (non-hydrogen) atoms. The molecule has 7 heteroatoms. The summed E-state index contributed by atoms with van der Waals surface area (Å²) in [5, 5.41) is 0. The number of nitrogens with zero attached hydrogens (tertiary/aromatic N) is 6. The lowest BCUT2D eigenvalue weighted by Crippen LogP contribution is -2.31. The molecule has 0 radical (unpaired) electrons. The van der Waals surface area contributed by atoms with Crippen LogP contribution in [0.25, 0.3) is 0 Å². The predicted molar refractivity (Wildman–Crippen MR) is 92.2 cm³/mol. The lowest BCUT2D eigenvalue weighted by atomic mass is 10.0. The van der Waals surface area contributed by atoms with E-state index in [1.165, 1.54) is 30.2 Å². The molecule has 2 aliphatic heterocycles. The van der Waals surface area contributed by atoms with E-state index < -0.39 is 0 Å². The molecule has 1 aliphatic carbocycles. The van der Waals surface area contributed by atoms with Crippen LogP contribution in [0.3, 0.4) is 0 Å². The van der Waals surface area contributed by atoms with Crippen molar-refractivity contribution < 1.29 is 4.39 Å². The molecule has 0 N–H and O–H groups in total. The third kappa shape index (κ3) is 2.44. The lowest BCUT2D eigenvalue weighted by molar-refractivity contribution is 0.533. The summed E-state index contributed by atoms with van der Waals surface area (Å²) < 4.78 is 14.0. The predicted octanol–water partition coefficient (Wildman–Crippen LogP) is 1.78. The molecule has 130 valence electrons. The number of rotatable bonds is 2. The van der Waals surface area contributed by atoms with Crippen LogP contribution in [0.15, 0.2) is 12.5 Å². The average molecular weight is 340 g/mol. The fourth-order valence-corrected chi connectivity index (χ4v) is 4.67. The molecule has 2 fully saturated rings. The molecule has 2 saturated heterocycles. The maximum atomic E-state index is 14.0. The molecule has 0 saturated carbocycles. The number of hydrogen-bond donors (Lipinski definition) is 0. The van der Waals surface area contributed by atoms with Gasteiger partial charge in [-0.05, 0) is 26.2 Å². The molecule has 0 spiro atoms. The SMILES string of the molecule is Cc1nc2c(c(N3CC4CN(c5ncncc5F)CC4C3)n1)CCC2. The molecule has 0 amide bonds. The first-order valence-electron chi connectivity index (χ1n) is 9.01. The standard InChI is InChI=1S/C18H21FN6/c1-11-22-16-4-2-3-14(16)17(23-11)24-6-12-8-25(9-13(12)7-24)18-15(19)5-20-10-21-18/h5,10,12-13H,2-4,6-9H2,1H3. The second-order valence-electron chi connectivity index (χ2n) is 7.40. The van der Waals surface area contributed by atoms with Gasteiger partial charge in [-0.15, -0.1) is 0 Å². The van der Waals surface area contributed by atoms with E-state index in [0.29, 0.717) is 17.7 Å². The largest absolute Gasteiger partial charge is 0.356 e. The summed E-state index contributed by atoms with van der Waals surface area (Å²) in [5.41, 5.74) is 2.59. The molecule has 0 bridgehead atoms. The Bertz CT molecular complexity index is 811. The van der Waals surface area contributed by atoms with Crippen LogP contribution in [0.2, 0.25) is 0 Å². The van der Waals surface area contributed by atoms with Crippen LogP contribution >= 0.6 is 0 Å². The van der Waals surface area contributed by atoms with Gasteiger partial charge in [0.1, 0.15) is 18.0 Å². The van der Waals surface area contributed by atoms with Gasteiger partial charge < -0.3 is 9.80 Å². The highest BCUT2D eigenvalue weighted by atomic mass is 19.1. The summed E-state index contributed by atoms with van der Waals surface area (Å²) >= 11 is 0. The number of halogens is 1. The average Bonchev–Trinajstić information content (AvgIpc) is 3.27. The minimum Gasteiger partial charge on any atom is -0.356 e. The maximum Gasteiger partial charge on any atom is 0.183 e. The molecular weight excluding hydrogens is 319 g/mol. The second kappa shape index (κ2) is 5.61. The first-order valence-corrected chi connectivity index (χ1v) is 9.01. The number of hydrogen-bond acceptors (Lipinski definition) is 6. The van der Waals surface area contributed by atoms with Crippen molar-refractivity contribution in [2.45, 2.75) is 26.2 Å². The molecule has 2 unspecified atom stereocenters. The highest BCUT2D eigenvalue weighted by Gasteiger charge is 2.42. The van der Waals surface area contributed by atoms with Gasteiger partial charge in [0.15, 0.2) is 11.6 Å². The first kappa shape index (κ1) is 15.0. The molecule has 6 nitrogen and oxygen atoms in total. The number of aryl methyl sites for hydroxylation is 2. The number of fused-ring (bicyclic) bond motifs is 2. The van der Waals surface area contributed by atoms with Gasteiger partial charge in [-0.25, -0.2) is 24.3 Å². The first-order chi connectivity index (χ1) is 12.2. The fourth-order valence-electron chi connectivity index (χ4n) is 4.67. The zero-order valence-corrected chi connectivity index (χ0v) is 14.3. The minimum absolute atomic E-state index is 0.330. The lowest BCUT2D eigenvalue weighted by Gasteiger charge is -2.24. The molecular formula is C18H21FN6. The van der Waals surface area contributed by atoms with Gasteiger partial charge in [0.2, 0.25) is 0 Å². The van der Waals surface area contributed by atoms with E-state index in [1.54, 1.807) is 0 Å². The van der Waals surface area contributed by atoms with Crippen LogP contribution in [0.1, 0.15) is 23.5 Å². The van der Waals surface area contributed by atoms with Crippen molar-refractivity contribution in [1.82, 2.24) is 19.9 Å². The van der Waals surface area contributed by atoms with Gasteiger partial charge in [-0.3, -0.25) is 0 Å². The minimum atomic E-state index is -0.330. The molecule has 5 rings (SSSR count). The van der Waals surface area contributed by atoms with Gasteiger partial charge >= 0.3 is 0 Å². The number of anilines is 2. The molecule has 4 heterocycles. The summed E-state index contributed by atoms with van der Waals surface area (Å²) in [4.78, 5) is 21.8. The fraction of sp³-hybridized carbons (Fsp3) is 0.556. The van der Waals surface area contributed by atoms with Crippen molar-refractivity contribution in [3.05, 3.63) is 35.4 Å². The van der Waals surface area contributed by atoms with E-state index in [-0.39, 0.29) is 5.82 Å². The van der Waals surface area contributed by atoms with E-state index in [9.17, 15) is 4.39 Å². The van der Waals surface area contributed by atoms with E-state index in [1.807, 2.05) is 6.92 Å². The quantitative estimate of drug-likeness (QED) is 0.831. The van der Waals surface area contributed by atoms with Gasteiger partial charge in [-0.1, -0.05) is 0 Å². The van der Waals surface area contributed by atoms with E-state index >= 15 is 0 Å². The zero-order valence-electron chi connectivity index (χ0n) is 14.3. The summed E-state index contributed by atoms with van der Waals surface area (Å²) in [6, 6.07) is 0. The Morgan fingerprint density at radius 1 is 1.00 bits per heavy atom. The Balaban J connectivity index is 1.36. The monoisotopic (exact) mass is 340 g/mol. The van der Waals surface area contributed by atoms with Gasteiger partial charge in [0.05, 0.1) is 6.20 Å². The highest BCUT2D eigenvalue weighted by molar-refractivity contribution is 5.53. The molecule has 2 aromatic heterocycles. The molecule has 2 aromatic rings. The van der Waals surface area contributed by atoms with Crippen molar-refractivity contribution in [1.29, 1.82) is 0 Å². The van der Waals surface area contributed by atoms with Crippen molar-refractivity contribution in [2.24, 2.45) is 11.8 Å². The van der Waals surface area contributed by atoms with E-state index in [2.05, 4.69) is 24.8 Å². The van der Waals surface area contributed by atoms with Crippen molar-refractivity contribution in [2.75, 3.05) is 36.0 Å². The van der Waals surface area contributed by atoms with Crippen LogP contribution in [-0.4, -0.2) is 46.1 Å². The maximum absolute atomic E-state index is 14.0. The molecule has 0 aromatic carbocycles. The van der Waals surface area contributed by atoms with Crippen LogP contribution in [-0.2, 0) is 12.8 Å². The summed E-state index contributed by atoms with van der Waals surface area (Å²) in [6.07, 6.45) is 6.02. The van der Waals surface area contributed by atoms with Gasteiger partial charge in [0, 0.05) is 49.3 Å².